The third-order valence-electron chi connectivity index (χ3n) is 4.30. The molecule has 11 heteroatoms. The molecule has 0 aromatic heterocycles. The summed E-state index contributed by atoms with van der Waals surface area (Å²) in [5, 5.41) is 18.8. The van der Waals surface area contributed by atoms with Gasteiger partial charge < -0.3 is 36.8 Å². The highest BCUT2D eigenvalue weighted by Crippen LogP contribution is 2.35. The van der Waals surface area contributed by atoms with E-state index >= 15 is 0 Å². The maximum Gasteiger partial charge on any atom is 0.504 e. The topological polar surface area (TPSA) is 95.8 Å². The van der Waals surface area contributed by atoms with Crippen LogP contribution >= 0.6 is 11.8 Å². The monoisotopic (exact) mass is 418 g/mol. The van der Waals surface area contributed by atoms with E-state index in [0.29, 0.717) is 24.3 Å². The zero-order chi connectivity index (χ0) is 19.3. The van der Waals surface area contributed by atoms with E-state index in [4.69, 9.17) is 26.6 Å². The number of aliphatic hydroxyl groups excluding tert-OH is 2. The summed E-state index contributed by atoms with van der Waals surface area (Å²) in [5.74, 6) is 1.37. The Balaban J connectivity index is 5.02. The largest absolute Gasteiger partial charge is 0.504 e. The van der Waals surface area contributed by atoms with Gasteiger partial charge in [-0.1, -0.05) is 0 Å². The van der Waals surface area contributed by atoms with E-state index in [9.17, 15) is 10.2 Å². The molecule has 2 atom stereocenters. The summed E-state index contributed by atoms with van der Waals surface area (Å²) >= 11 is 1.66. The fourth-order valence-corrected chi connectivity index (χ4v) is 10.2. The highest BCUT2D eigenvalue weighted by Gasteiger charge is 2.49. The minimum Gasteiger partial charge on any atom is -0.396 e. The molecule has 0 rings (SSSR count). The first kappa shape index (κ1) is 25.5. The van der Waals surface area contributed by atoms with Crippen molar-refractivity contribution in [3.63, 3.8) is 0 Å². The van der Waals surface area contributed by atoms with E-state index in [2.05, 4.69) is 0 Å². The lowest BCUT2D eigenvalue weighted by molar-refractivity contribution is 0.108. The molecule has 0 radical (unpaired) electrons. The van der Waals surface area contributed by atoms with Gasteiger partial charge in [-0.3, -0.25) is 0 Å². The van der Waals surface area contributed by atoms with Crippen LogP contribution in [0.15, 0.2) is 0 Å². The van der Waals surface area contributed by atoms with Gasteiger partial charge in [0.2, 0.25) is 0 Å². The molecule has 0 aliphatic rings. The van der Waals surface area contributed by atoms with Gasteiger partial charge in [0.15, 0.2) is 0 Å². The molecule has 0 amide bonds. The lowest BCUT2D eigenvalue weighted by atomic mass is 10.3. The molecule has 2 N–H and O–H groups in total. The average molecular weight is 419 g/mol. The van der Waals surface area contributed by atoms with Crippen molar-refractivity contribution in [3.05, 3.63) is 0 Å². The van der Waals surface area contributed by atoms with Crippen LogP contribution in [-0.2, 0) is 26.6 Å². The maximum atomic E-state index is 9.38. The van der Waals surface area contributed by atoms with E-state index in [1.165, 1.54) is 0 Å². The van der Waals surface area contributed by atoms with Crippen LogP contribution in [0.4, 0.5) is 0 Å². The highest BCUT2D eigenvalue weighted by atomic mass is 32.2. The van der Waals surface area contributed by atoms with Crippen molar-refractivity contribution < 1.29 is 36.8 Å². The molecule has 0 saturated heterocycles. The molecule has 152 valence electrons. The van der Waals surface area contributed by atoms with Gasteiger partial charge in [-0.05, 0) is 12.8 Å². The van der Waals surface area contributed by atoms with Gasteiger partial charge in [0.1, 0.15) is 0 Å². The van der Waals surface area contributed by atoms with Crippen LogP contribution in [0.3, 0.4) is 0 Å². The molecule has 0 aromatic rings. The van der Waals surface area contributed by atoms with E-state index in [1.807, 2.05) is 0 Å². The smallest absolute Gasteiger partial charge is 0.396 e. The van der Waals surface area contributed by atoms with Gasteiger partial charge in [0.05, 0.1) is 0 Å². The second-order valence-corrected chi connectivity index (χ2v) is 13.0. The van der Waals surface area contributed by atoms with Gasteiger partial charge in [0.25, 0.3) is 0 Å². The molecule has 0 aliphatic carbocycles. The zero-order valence-corrected chi connectivity index (χ0v) is 19.0. The Morgan fingerprint density at radius 2 is 0.920 bits per heavy atom. The Kier molecular flexibility index (Phi) is 13.9. The predicted octanol–water partition coefficient (Wildman–Crippen LogP) is 0.981. The van der Waals surface area contributed by atoms with Crippen LogP contribution in [0, 0.1) is 0 Å². The van der Waals surface area contributed by atoms with E-state index < -0.39 is 17.6 Å². The van der Waals surface area contributed by atoms with Crippen LogP contribution in [-0.4, -0.2) is 95.2 Å². The van der Waals surface area contributed by atoms with Crippen molar-refractivity contribution in [2.75, 3.05) is 67.4 Å². The zero-order valence-electron chi connectivity index (χ0n) is 16.1. The number of thioether (sulfide) groups is 1. The molecule has 8 nitrogen and oxygen atoms in total. The summed E-state index contributed by atoms with van der Waals surface area (Å²) in [6, 6.07) is 0. The quantitative estimate of drug-likeness (QED) is 0.356. The Morgan fingerprint density at radius 1 is 0.640 bits per heavy atom. The molecular formula is C14H34O8SSi2. The van der Waals surface area contributed by atoms with Crippen LogP contribution < -0.4 is 0 Å². The highest BCUT2D eigenvalue weighted by molar-refractivity contribution is 7.99. The standard InChI is InChI=1S/C14H34O8SSi2/c1-17-24(18-2,19-3)13(7-9-15)11-23-12-14(8-10-16)25(20-4,21-5)22-6/h13-16H,7-12H2,1-6H3. The van der Waals surface area contributed by atoms with Crippen molar-refractivity contribution in [2.24, 2.45) is 0 Å². The lowest BCUT2D eigenvalue weighted by Crippen LogP contribution is -2.50. The van der Waals surface area contributed by atoms with Crippen LogP contribution in [0.2, 0.25) is 11.1 Å². The van der Waals surface area contributed by atoms with Crippen molar-refractivity contribution in [1.82, 2.24) is 0 Å². The second kappa shape index (κ2) is 13.6. The van der Waals surface area contributed by atoms with Crippen molar-refractivity contribution in [2.45, 2.75) is 23.9 Å². The summed E-state index contributed by atoms with van der Waals surface area (Å²) in [6.45, 7) is 0.0616. The third kappa shape index (κ3) is 6.85. The normalized spacial score (nSPS) is 15.4. The first-order chi connectivity index (χ1) is 12.0. The SMILES string of the molecule is CO[Si](OC)(OC)C(CCO)CSCC(CCO)[Si](OC)(OC)OC. The minimum atomic E-state index is -2.84. The Hall–Kier alpha value is 0.464. The molecule has 0 bridgehead atoms. The number of rotatable bonds is 16. The van der Waals surface area contributed by atoms with Gasteiger partial charge in [-0.15, -0.1) is 0 Å². The number of hydrogen-bond donors (Lipinski definition) is 2. The third-order valence-corrected chi connectivity index (χ3v) is 12.6. The van der Waals surface area contributed by atoms with Crippen LogP contribution in [0.25, 0.3) is 0 Å². The van der Waals surface area contributed by atoms with Crippen LogP contribution in [0.1, 0.15) is 12.8 Å². The van der Waals surface area contributed by atoms with E-state index in [1.54, 1.807) is 54.4 Å². The summed E-state index contributed by atoms with van der Waals surface area (Å²) in [6.07, 6.45) is 1.06. The van der Waals surface area contributed by atoms with Crippen molar-refractivity contribution in [3.8, 4) is 0 Å². The Labute approximate surface area is 157 Å². The van der Waals surface area contributed by atoms with Gasteiger partial charge >= 0.3 is 17.6 Å². The molecule has 0 spiro atoms. The van der Waals surface area contributed by atoms with Gasteiger partial charge in [-0.2, -0.15) is 11.8 Å². The molecule has 0 saturated carbocycles. The Bertz CT molecular complexity index is 285. The van der Waals surface area contributed by atoms with Gasteiger partial charge in [0, 0.05) is 78.5 Å². The van der Waals surface area contributed by atoms with Gasteiger partial charge in [-0.25, -0.2) is 0 Å². The summed E-state index contributed by atoms with van der Waals surface area (Å²) in [7, 11) is 3.74. The van der Waals surface area contributed by atoms with E-state index in [-0.39, 0.29) is 24.3 Å². The predicted molar refractivity (Wildman–Crippen MR) is 102 cm³/mol. The number of hydrogen-bond acceptors (Lipinski definition) is 9. The Morgan fingerprint density at radius 3 is 1.12 bits per heavy atom. The fourth-order valence-electron chi connectivity index (χ4n) is 2.89. The molecule has 0 heterocycles. The second-order valence-electron chi connectivity index (χ2n) is 5.39. The first-order valence-electron chi connectivity index (χ1n) is 8.09. The molecule has 0 aromatic carbocycles. The summed E-state index contributed by atoms with van der Waals surface area (Å²) < 4.78 is 33.3. The maximum absolute atomic E-state index is 9.38. The molecule has 0 aliphatic heterocycles. The molecule has 25 heavy (non-hydrogen) atoms. The van der Waals surface area contributed by atoms with E-state index in [0.717, 1.165) is 0 Å². The summed E-state index contributed by atoms with van der Waals surface area (Å²) in [4.78, 5) is 0. The average Bonchev–Trinajstić information content (AvgIpc) is 2.65. The summed E-state index contributed by atoms with van der Waals surface area (Å²) in [5.41, 5.74) is -0.0815. The molecule has 2 unspecified atom stereocenters. The molecular weight excluding hydrogens is 384 g/mol. The fraction of sp³-hybridized carbons (Fsp3) is 1.00. The molecule has 0 fully saturated rings. The van der Waals surface area contributed by atoms with Crippen molar-refractivity contribution >= 4 is 29.4 Å². The first-order valence-corrected chi connectivity index (χ1v) is 12.9. The minimum absolute atomic E-state index is 0.0308. The van der Waals surface area contributed by atoms with Crippen LogP contribution in [0.5, 0.6) is 0 Å². The number of aliphatic hydroxyl groups is 2. The lowest BCUT2D eigenvalue weighted by Gasteiger charge is -2.34. The van der Waals surface area contributed by atoms with Crippen molar-refractivity contribution in [1.29, 1.82) is 0 Å².